The molecule has 15 heavy (non-hydrogen) atoms. The van der Waals surface area contributed by atoms with Crippen LogP contribution in [0, 0.1) is 0 Å². The van der Waals surface area contributed by atoms with Crippen LogP contribution in [0.1, 0.15) is 16.7 Å². The van der Waals surface area contributed by atoms with Crippen molar-refractivity contribution in [3.63, 3.8) is 0 Å². The van der Waals surface area contributed by atoms with Gasteiger partial charge in [0.1, 0.15) is 0 Å². The quantitative estimate of drug-likeness (QED) is 0.640. The number of hydrogen-bond donors (Lipinski definition) is 0. The van der Waals surface area contributed by atoms with Gasteiger partial charge in [0.2, 0.25) is 0 Å². The van der Waals surface area contributed by atoms with E-state index in [1.165, 1.54) is 40.3 Å². The maximum atomic E-state index is 3.82. The highest BCUT2D eigenvalue weighted by Crippen LogP contribution is 2.32. The first-order chi connectivity index (χ1) is 7.40. The van der Waals surface area contributed by atoms with E-state index < -0.39 is 0 Å². The first kappa shape index (κ1) is 8.72. The molecule has 0 saturated heterocycles. The minimum absolute atomic E-state index is 0.972. The fourth-order valence-corrected chi connectivity index (χ4v) is 2.64. The van der Waals surface area contributed by atoms with Crippen molar-refractivity contribution in [2.45, 2.75) is 19.3 Å². The molecule has 0 heterocycles. The molecule has 0 N–H and O–H groups in total. The van der Waals surface area contributed by atoms with Crippen LogP contribution in [0.15, 0.2) is 43.0 Å². The van der Waals surface area contributed by atoms with Gasteiger partial charge in [-0.25, -0.2) is 0 Å². The van der Waals surface area contributed by atoms with E-state index in [1.54, 1.807) is 0 Å². The number of allylic oxidation sites excluding steroid dienone is 1. The van der Waals surface area contributed by atoms with Gasteiger partial charge in [-0.3, -0.25) is 0 Å². The van der Waals surface area contributed by atoms with Crippen molar-refractivity contribution in [2.24, 2.45) is 0 Å². The highest BCUT2D eigenvalue weighted by molar-refractivity contribution is 5.93. The van der Waals surface area contributed by atoms with Crippen LogP contribution in [-0.4, -0.2) is 0 Å². The summed E-state index contributed by atoms with van der Waals surface area (Å²) in [6.07, 6.45) is 5.38. The predicted molar refractivity (Wildman–Crippen MR) is 65.3 cm³/mol. The Morgan fingerprint density at radius 3 is 2.67 bits per heavy atom. The average molecular weight is 194 g/mol. The van der Waals surface area contributed by atoms with Crippen LogP contribution in [0.2, 0.25) is 0 Å². The maximum Gasteiger partial charge on any atom is -0.00940 e. The Labute approximate surface area is 90.2 Å². The third-order valence-corrected chi connectivity index (χ3v) is 3.33. The molecular weight excluding hydrogens is 180 g/mol. The largest absolute Gasteiger partial charge is 0.103 e. The van der Waals surface area contributed by atoms with Crippen LogP contribution in [0.4, 0.5) is 0 Å². The molecule has 0 saturated carbocycles. The van der Waals surface area contributed by atoms with Crippen molar-refractivity contribution < 1.29 is 0 Å². The normalized spacial score (nSPS) is 13.3. The highest BCUT2D eigenvalue weighted by atomic mass is 14.2. The molecule has 0 radical (unpaired) electrons. The smallest absolute Gasteiger partial charge is 0.00940 e. The third-order valence-electron chi connectivity index (χ3n) is 3.33. The molecule has 0 aromatic heterocycles. The SMILES string of the molecule is C=CCc1ccc2c3c(cccc13)CC2. The van der Waals surface area contributed by atoms with Gasteiger partial charge in [0, 0.05) is 0 Å². The van der Waals surface area contributed by atoms with Gasteiger partial charge >= 0.3 is 0 Å². The summed E-state index contributed by atoms with van der Waals surface area (Å²) in [5.74, 6) is 0. The summed E-state index contributed by atoms with van der Waals surface area (Å²) >= 11 is 0. The molecule has 0 nitrogen and oxygen atoms in total. The van der Waals surface area contributed by atoms with Gasteiger partial charge in [0.15, 0.2) is 0 Å². The highest BCUT2D eigenvalue weighted by Gasteiger charge is 2.14. The molecule has 0 heteroatoms. The lowest BCUT2D eigenvalue weighted by molar-refractivity contribution is 1.02. The molecule has 0 amide bonds. The van der Waals surface area contributed by atoms with E-state index in [2.05, 4.69) is 36.9 Å². The zero-order valence-corrected chi connectivity index (χ0v) is 8.79. The number of benzene rings is 2. The molecule has 0 unspecified atom stereocenters. The van der Waals surface area contributed by atoms with E-state index in [4.69, 9.17) is 0 Å². The maximum absolute atomic E-state index is 3.82. The van der Waals surface area contributed by atoms with Crippen molar-refractivity contribution in [1.82, 2.24) is 0 Å². The van der Waals surface area contributed by atoms with Crippen LogP contribution in [0.3, 0.4) is 0 Å². The molecule has 2 aromatic rings. The first-order valence-corrected chi connectivity index (χ1v) is 5.53. The fourth-order valence-electron chi connectivity index (χ4n) is 2.64. The summed E-state index contributed by atoms with van der Waals surface area (Å²) in [6.45, 7) is 3.82. The molecule has 2 aromatic carbocycles. The van der Waals surface area contributed by atoms with Crippen molar-refractivity contribution in [1.29, 1.82) is 0 Å². The molecule has 0 atom stereocenters. The van der Waals surface area contributed by atoms with Gasteiger partial charge < -0.3 is 0 Å². The monoisotopic (exact) mass is 194 g/mol. The van der Waals surface area contributed by atoms with Gasteiger partial charge in [-0.15, -0.1) is 6.58 Å². The van der Waals surface area contributed by atoms with Gasteiger partial charge in [-0.2, -0.15) is 0 Å². The molecule has 0 fully saturated rings. The third kappa shape index (κ3) is 1.21. The van der Waals surface area contributed by atoms with E-state index in [0.29, 0.717) is 0 Å². The van der Waals surface area contributed by atoms with Crippen LogP contribution in [0.5, 0.6) is 0 Å². The molecule has 0 bridgehead atoms. The van der Waals surface area contributed by atoms with Gasteiger partial charge in [-0.1, -0.05) is 36.4 Å². The van der Waals surface area contributed by atoms with E-state index in [1.807, 2.05) is 6.08 Å². The van der Waals surface area contributed by atoms with Crippen LogP contribution < -0.4 is 0 Å². The van der Waals surface area contributed by atoms with Crippen molar-refractivity contribution in [3.8, 4) is 0 Å². The van der Waals surface area contributed by atoms with Crippen LogP contribution >= 0.6 is 0 Å². The molecule has 1 aliphatic rings. The Hall–Kier alpha value is -1.56. The van der Waals surface area contributed by atoms with Crippen molar-refractivity contribution >= 4 is 10.8 Å². The van der Waals surface area contributed by atoms with Gasteiger partial charge in [0.25, 0.3) is 0 Å². The standard InChI is InChI=1S/C15H14/c1-2-4-11-7-8-13-10-9-12-5-3-6-14(11)15(12)13/h2-3,5-8H,1,4,9-10H2. The summed E-state index contributed by atoms with van der Waals surface area (Å²) in [4.78, 5) is 0. The Morgan fingerprint density at radius 1 is 1.07 bits per heavy atom. The Balaban J connectivity index is 2.38. The molecule has 3 rings (SSSR count). The van der Waals surface area contributed by atoms with E-state index >= 15 is 0 Å². The number of hydrogen-bond acceptors (Lipinski definition) is 0. The van der Waals surface area contributed by atoms with Crippen LogP contribution in [0.25, 0.3) is 10.8 Å². The summed E-state index contributed by atoms with van der Waals surface area (Å²) in [6, 6.07) is 11.2. The number of aryl methyl sites for hydroxylation is 2. The van der Waals surface area contributed by atoms with Gasteiger partial charge in [0.05, 0.1) is 0 Å². The van der Waals surface area contributed by atoms with E-state index in [9.17, 15) is 0 Å². The number of rotatable bonds is 2. The topological polar surface area (TPSA) is 0 Å². The molecule has 0 aliphatic heterocycles. The fraction of sp³-hybridized carbons (Fsp3) is 0.200. The van der Waals surface area contributed by atoms with E-state index in [-0.39, 0.29) is 0 Å². The predicted octanol–water partition coefficient (Wildman–Crippen LogP) is 3.67. The second-order valence-electron chi connectivity index (χ2n) is 4.22. The minimum Gasteiger partial charge on any atom is -0.103 e. The molecule has 0 spiro atoms. The lowest BCUT2D eigenvalue weighted by Gasteiger charge is -2.06. The summed E-state index contributed by atoms with van der Waals surface area (Å²) in [5, 5.41) is 2.94. The second kappa shape index (κ2) is 3.23. The summed E-state index contributed by atoms with van der Waals surface area (Å²) in [7, 11) is 0. The zero-order chi connectivity index (χ0) is 10.3. The molecular formula is C15H14. The van der Waals surface area contributed by atoms with Crippen molar-refractivity contribution in [3.05, 3.63) is 59.7 Å². The zero-order valence-electron chi connectivity index (χ0n) is 8.79. The average Bonchev–Trinajstić information content (AvgIpc) is 2.68. The minimum atomic E-state index is 0.972. The lowest BCUT2D eigenvalue weighted by Crippen LogP contribution is -1.86. The Bertz CT molecular complexity index is 525. The van der Waals surface area contributed by atoms with Crippen molar-refractivity contribution in [2.75, 3.05) is 0 Å². The Kier molecular flexibility index (Phi) is 1.88. The van der Waals surface area contributed by atoms with E-state index in [0.717, 1.165) is 6.42 Å². The lowest BCUT2D eigenvalue weighted by atomic mass is 9.98. The van der Waals surface area contributed by atoms with Gasteiger partial charge in [-0.05, 0) is 46.7 Å². The second-order valence-corrected chi connectivity index (χ2v) is 4.22. The summed E-state index contributed by atoms with van der Waals surface area (Å²) in [5.41, 5.74) is 4.45. The first-order valence-electron chi connectivity index (χ1n) is 5.53. The van der Waals surface area contributed by atoms with Crippen LogP contribution in [-0.2, 0) is 19.3 Å². The summed E-state index contributed by atoms with van der Waals surface area (Å²) < 4.78 is 0. The molecule has 1 aliphatic carbocycles. The Morgan fingerprint density at radius 2 is 1.87 bits per heavy atom. The molecule has 74 valence electrons.